The molecular weight excluding hydrogens is 589 g/mol. The van der Waals surface area contributed by atoms with E-state index in [1.807, 2.05) is 41.7 Å². The summed E-state index contributed by atoms with van der Waals surface area (Å²) in [5.41, 5.74) is 8.06. The fourth-order valence-electron chi connectivity index (χ4n) is 7.19. The first kappa shape index (κ1) is 26.3. The number of thiophene rings is 1. The normalized spacial score (nSPS) is 11.8. The Balaban J connectivity index is 1.17. The van der Waals surface area contributed by atoms with Gasteiger partial charge < -0.3 is 0 Å². The van der Waals surface area contributed by atoms with E-state index in [2.05, 4.69) is 127 Å². The predicted octanol–water partition coefficient (Wildman–Crippen LogP) is 12.5. The molecule has 0 unspecified atom stereocenters. The molecule has 0 saturated carbocycles. The molecule has 8 aromatic carbocycles. The van der Waals surface area contributed by atoms with Crippen LogP contribution in [0.1, 0.15) is 0 Å². The summed E-state index contributed by atoms with van der Waals surface area (Å²) in [6.45, 7) is 0. The first-order chi connectivity index (χ1) is 23.3. The van der Waals surface area contributed by atoms with Gasteiger partial charge >= 0.3 is 0 Å². The summed E-state index contributed by atoms with van der Waals surface area (Å²) < 4.78 is 2.67. The lowest BCUT2D eigenvalue weighted by molar-refractivity contribution is 1.29. The molecule has 0 aliphatic rings. The average molecular weight is 615 g/mol. The monoisotopic (exact) mass is 614 g/mol. The minimum Gasteiger partial charge on any atom is -0.244 e. The molecule has 0 fully saturated rings. The van der Waals surface area contributed by atoms with E-state index < -0.39 is 0 Å². The maximum Gasteiger partial charge on any atom is 0.0973 e. The van der Waals surface area contributed by atoms with Crippen molar-refractivity contribution in [2.24, 2.45) is 0 Å². The van der Waals surface area contributed by atoms with Crippen LogP contribution in [0.3, 0.4) is 0 Å². The first-order valence-corrected chi connectivity index (χ1v) is 16.7. The zero-order valence-corrected chi connectivity index (χ0v) is 26.1. The minimum atomic E-state index is 0.889. The van der Waals surface area contributed by atoms with E-state index in [9.17, 15) is 0 Å². The number of fused-ring (bicyclic) bond motifs is 10. The summed E-state index contributed by atoms with van der Waals surface area (Å²) in [6, 6.07) is 56.6. The van der Waals surface area contributed by atoms with Gasteiger partial charge in [0.25, 0.3) is 0 Å². The number of nitrogens with zero attached hydrogens (tertiary/aromatic N) is 2. The molecule has 0 spiro atoms. The van der Waals surface area contributed by atoms with E-state index in [0.29, 0.717) is 0 Å². The average Bonchev–Trinajstić information content (AvgIpc) is 3.53. The zero-order chi connectivity index (χ0) is 30.9. The molecule has 3 heteroatoms. The molecule has 0 aliphatic carbocycles. The highest BCUT2D eigenvalue weighted by atomic mass is 32.1. The number of benzene rings is 8. The Kier molecular flexibility index (Phi) is 5.78. The molecule has 0 atom stereocenters. The van der Waals surface area contributed by atoms with Crippen LogP contribution in [0.4, 0.5) is 0 Å². The molecular formula is C44H26N2S. The van der Waals surface area contributed by atoms with E-state index in [-0.39, 0.29) is 0 Å². The highest BCUT2D eigenvalue weighted by Crippen LogP contribution is 2.42. The second-order valence-corrected chi connectivity index (χ2v) is 13.2. The van der Waals surface area contributed by atoms with Crippen molar-refractivity contribution in [3.63, 3.8) is 0 Å². The number of aromatic nitrogens is 2. The van der Waals surface area contributed by atoms with Gasteiger partial charge in [-0.2, -0.15) is 0 Å². The van der Waals surface area contributed by atoms with Crippen LogP contribution >= 0.6 is 11.3 Å². The van der Waals surface area contributed by atoms with Crippen molar-refractivity contribution in [1.29, 1.82) is 0 Å². The molecule has 47 heavy (non-hydrogen) atoms. The van der Waals surface area contributed by atoms with Crippen molar-refractivity contribution < 1.29 is 0 Å². The van der Waals surface area contributed by atoms with Gasteiger partial charge in [0.05, 0.1) is 22.4 Å². The van der Waals surface area contributed by atoms with Crippen molar-refractivity contribution in [2.45, 2.75) is 0 Å². The van der Waals surface area contributed by atoms with Gasteiger partial charge in [-0.1, -0.05) is 127 Å². The number of hydrogen-bond acceptors (Lipinski definition) is 3. The predicted molar refractivity (Wildman–Crippen MR) is 201 cm³/mol. The van der Waals surface area contributed by atoms with Crippen LogP contribution in [0.25, 0.3) is 97.2 Å². The summed E-state index contributed by atoms with van der Waals surface area (Å²) in [6.07, 6.45) is 0. The van der Waals surface area contributed by atoms with Crippen molar-refractivity contribution >= 4 is 74.9 Å². The van der Waals surface area contributed by atoms with Gasteiger partial charge in [-0.15, -0.1) is 11.3 Å². The van der Waals surface area contributed by atoms with Crippen LogP contribution in [0.5, 0.6) is 0 Å². The lowest BCUT2D eigenvalue weighted by Crippen LogP contribution is -1.95. The molecule has 218 valence electrons. The third kappa shape index (κ3) is 4.17. The largest absolute Gasteiger partial charge is 0.244 e. The van der Waals surface area contributed by atoms with E-state index in [4.69, 9.17) is 9.97 Å². The number of rotatable bonds is 3. The van der Waals surface area contributed by atoms with Crippen LogP contribution in [-0.2, 0) is 0 Å². The Bertz CT molecular complexity index is 2830. The summed E-state index contributed by atoms with van der Waals surface area (Å²) in [5, 5.41) is 10.3. The van der Waals surface area contributed by atoms with E-state index in [1.165, 1.54) is 63.6 Å². The zero-order valence-electron chi connectivity index (χ0n) is 25.3. The van der Waals surface area contributed by atoms with Crippen molar-refractivity contribution in [3.8, 4) is 33.6 Å². The molecule has 0 aliphatic heterocycles. The van der Waals surface area contributed by atoms with Gasteiger partial charge in [-0.05, 0) is 73.8 Å². The topological polar surface area (TPSA) is 25.8 Å². The number of hydrogen-bond donors (Lipinski definition) is 0. The molecule has 2 heterocycles. The molecule has 0 amide bonds. The highest BCUT2D eigenvalue weighted by Gasteiger charge is 2.16. The maximum atomic E-state index is 5.22. The molecule has 2 aromatic heterocycles. The summed E-state index contributed by atoms with van der Waals surface area (Å²) in [7, 11) is 0. The molecule has 0 bridgehead atoms. The quantitative estimate of drug-likeness (QED) is 0.185. The molecule has 0 saturated heterocycles. The van der Waals surface area contributed by atoms with Gasteiger partial charge in [0, 0.05) is 31.3 Å². The van der Waals surface area contributed by atoms with Crippen molar-refractivity contribution in [2.75, 3.05) is 0 Å². The smallest absolute Gasteiger partial charge is 0.0973 e. The first-order valence-electron chi connectivity index (χ1n) is 15.9. The Labute approximate surface area is 275 Å². The molecule has 0 N–H and O–H groups in total. The van der Waals surface area contributed by atoms with E-state index >= 15 is 0 Å². The summed E-state index contributed by atoms with van der Waals surface area (Å²) in [5.74, 6) is 0. The van der Waals surface area contributed by atoms with Gasteiger partial charge in [0.1, 0.15) is 0 Å². The minimum absolute atomic E-state index is 0.889. The summed E-state index contributed by atoms with van der Waals surface area (Å²) >= 11 is 1.87. The van der Waals surface area contributed by atoms with Crippen LogP contribution in [0.2, 0.25) is 0 Å². The van der Waals surface area contributed by atoms with Crippen molar-refractivity contribution in [3.05, 3.63) is 158 Å². The van der Waals surface area contributed by atoms with Crippen LogP contribution < -0.4 is 0 Å². The summed E-state index contributed by atoms with van der Waals surface area (Å²) in [4.78, 5) is 10.4. The van der Waals surface area contributed by atoms with E-state index in [0.717, 1.165) is 33.5 Å². The maximum absolute atomic E-state index is 5.22. The third-order valence-electron chi connectivity index (χ3n) is 9.44. The van der Waals surface area contributed by atoms with Gasteiger partial charge in [0.15, 0.2) is 0 Å². The van der Waals surface area contributed by atoms with Gasteiger partial charge in [-0.3, -0.25) is 0 Å². The second-order valence-electron chi connectivity index (χ2n) is 12.2. The van der Waals surface area contributed by atoms with Crippen LogP contribution in [-0.4, -0.2) is 9.97 Å². The van der Waals surface area contributed by atoms with Crippen LogP contribution in [0, 0.1) is 0 Å². The standard InChI is InChI=1S/C44H26N2S/c1-2-8-27(9-3-1)28-14-17-30(18-15-28)43-44(46-38-12-6-5-11-37(38)45-43)32-21-22-33-31(26-32)19-16-29-20-23-35-34(41(29)33)24-25-40-42(35)36-10-4-7-13-39(36)47-40/h1-26H. The third-order valence-corrected chi connectivity index (χ3v) is 10.6. The number of para-hydroxylation sites is 2. The molecule has 2 nitrogen and oxygen atoms in total. The SMILES string of the molecule is c1ccc(-c2ccc(-c3nc4ccccc4nc3-c3ccc4c(ccc5ccc6c(ccc7sc8ccccc8c76)c54)c3)cc2)cc1. The molecule has 10 aromatic rings. The second kappa shape index (κ2) is 10.3. The Morgan fingerprint density at radius 2 is 0.915 bits per heavy atom. The Hall–Kier alpha value is -5.90. The lowest BCUT2D eigenvalue weighted by atomic mass is 9.93. The fraction of sp³-hybridized carbons (Fsp3) is 0. The lowest BCUT2D eigenvalue weighted by Gasteiger charge is -2.13. The van der Waals surface area contributed by atoms with Crippen LogP contribution in [0.15, 0.2) is 158 Å². The fourth-order valence-corrected chi connectivity index (χ4v) is 8.32. The Morgan fingerprint density at radius 3 is 1.74 bits per heavy atom. The molecule has 0 radical (unpaired) electrons. The van der Waals surface area contributed by atoms with Gasteiger partial charge in [-0.25, -0.2) is 9.97 Å². The van der Waals surface area contributed by atoms with Gasteiger partial charge in [0.2, 0.25) is 0 Å². The Morgan fingerprint density at radius 1 is 0.340 bits per heavy atom. The van der Waals surface area contributed by atoms with Crippen molar-refractivity contribution in [1.82, 2.24) is 9.97 Å². The molecule has 10 rings (SSSR count). The highest BCUT2D eigenvalue weighted by molar-refractivity contribution is 7.26. The van der Waals surface area contributed by atoms with E-state index in [1.54, 1.807) is 0 Å².